The molecule has 0 aromatic carbocycles. The molecular formula is C21H26N6O3S. The molecule has 0 bridgehead atoms. The summed E-state index contributed by atoms with van der Waals surface area (Å²) >= 11 is 1.44. The van der Waals surface area contributed by atoms with Gasteiger partial charge in [0.1, 0.15) is 5.69 Å². The topological polar surface area (TPSA) is 104 Å². The molecule has 3 aromatic heterocycles. The standard InChI is InChI=1S/C21H26N6O3S/c1-27-12-14(10-23-27)17-9-18(26-20(25-17)19-11-22-13-31-19)21(28)24-15-3-5-16(6-4-15)30-8-7-29-2/h9-13,15-16H,3-8H2,1-2H3,(H,24,28)/t15-,16-. The molecule has 3 aromatic rings. The summed E-state index contributed by atoms with van der Waals surface area (Å²) in [5.74, 6) is 0.298. The van der Waals surface area contributed by atoms with Crippen LogP contribution in [0.5, 0.6) is 0 Å². The second kappa shape index (κ2) is 10.1. The van der Waals surface area contributed by atoms with E-state index in [2.05, 4.69) is 25.4 Å². The van der Waals surface area contributed by atoms with Crippen LogP contribution < -0.4 is 5.32 Å². The lowest BCUT2D eigenvalue weighted by atomic mass is 9.93. The highest BCUT2D eigenvalue weighted by molar-refractivity contribution is 7.13. The smallest absolute Gasteiger partial charge is 0.270 e. The lowest BCUT2D eigenvalue weighted by molar-refractivity contribution is -0.00409. The number of amides is 1. The minimum absolute atomic E-state index is 0.110. The fourth-order valence-corrected chi connectivity index (χ4v) is 4.19. The molecule has 1 aliphatic rings. The quantitative estimate of drug-likeness (QED) is 0.535. The predicted molar refractivity (Wildman–Crippen MR) is 117 cm³/mol. The van der Waals surface area contributed by atoms with Crippen LogP contribution in [-0.4, -0.2) is 63.1 Å². The molecule has 1 fully saturated rings. The molecule has 31 heavy (non-hydrogen) atoms. The van der Waals surface area contributed by atoms with E-state index in [9.17, 15) is 4.79 Å². The highest BCUT2D eigenvalue weighted by atomic mass is 32.1. The number of thiazole rings is 1. The number of ether oxygens (including phenoxy) is 2. The van der Waals surface area contributed by atoms with Gasteiger partial charge in [-0.1, -0.05) is 0 Å². The first-order chi connectivity index (χ1) is 15.1. The third-order valence-electron chi connectivity index (χ3n) is 5.26. The van der Waals surface area contributed by atoms with Gasteiger partial charge in [-0.05, 0) is 31.7 Å². The summed E-state index contributed by atoms with van der Waals surface area (Å²) in [5, 5.41) is 7.35. The summed E-state index contributed by atoms with van der Waals surface area (Å²) in [7, 11) is 3.51. The Balaban J connectivity index is 1.47. The normalized spacial score (nSPS) is 18.8. The van der Waals surface area contributed by atoms with E-state index in [1.165, 1.54) is 11.3 Å². The molecule has 0 spiro atoms. The fourth-order valence-electron chi connectivity index (χ4n) is 3.63. The van der Waals surface area contributed by atoms with E-state index in [0.717, 1.165) is 36.1 Å². The van der Waals surface area contributed by atoms with Gasteiger partial charge in [0.05, 0.1) is 41.6 Å². The van der Waals surface area contributed by atoms with E-state index in [1.54, 1.807) is 35.8 Å². The molecule has 164 valence electrons. The minimum atomic E-state index is -0.193. The Labute approximate surface area is 184 Å². The fraction of sp³-hybridized carbons (Fsp3) is 0.476. The van der Waals surface area contributed by atoms with E-state index in [-0.39, 0.29) is 18.1 Å². The first kappa shape index (κ1) is 21.5. The van der Waals surface area contributed by atoms with Crippen LogP contribution in [0.2, 0.25) is 0 Å². The maximum Gasteiger partial charge on any atom is 0.270 e. The van der Waals surface area contributed by atoms with E-state index < -0.39 is 0 Å². The van der Waals surface area contributed by atoms with Crippen molar-refractivity contribution in [2.75, 3.05) is 20.3 Å². The Hall–Kier alpha value is -2.69. The Bertz CT molecular complexity index is 998. The Morgan fingerprint density at radius 2 is 2.06 bits per heavy atom. The van der Waals surface area contributed by atoms with Crippen molar-refractivity contribution in [3.8, 4) is 22.0 Å². The lowest BCUT2D eigenvalue weighted by Crippen LogP contribution is -2.39. The SMILES string of the molecule is COCCO[C@H]1CC[C@H](NC(=O)c2cc(-c3cnn(C)c3)nc(-c3cncs3)n2)CC1. The molecule has 4 rings (SSSR count). The lowest BCUT2D eigenvalue weighted by Gasteiger charge is -2.29. The van der Waals surface area contributed by atoms with Crippen molar-refractivity contribution < 1.29 is 14.3 Å². The van der Waals surface area contributed by atoms with Crippen LogP contribution in [0.1, 0.15) is 36.2 Å². The molecule has 0 atom stereocenters. The van der Waals surface area contributed by atoms with Crippen LogP contribution in [-0.2, 0) is 16.5 Å². The average Bonchev–Trinajstić information content (AvgIpc) is 3.47. The van der Waals surface area contributed by atoms with Crippen molar-refractivity contribution in [1.82, 2.24) is 30.0 Å². The van der Waals surface area contributed by atoms with Crippen LogP contribution in [0.3, 0.4) is 0 Å². The Morgan fingerprint density at radius 1 is 1.23 bits per heavy atom. The van der Waals surface area contributed by atoms with E-state index >= 15 is 0 Å². The zero-order valence-electron chi connectivity index (χ0n) is 17.7. The third kappa shape index (κ3) is 5.52. The van der Waals surface area contributed by atoms with Gasteiger partial charge in [-0.3, -0.25) is 14.5 Å². The molecule has 0 saturated heterocycles. The number of carbonyl (C=O) groups is 1. The first-order valence-corrected chi connectivity index (χ1v) is 11.2. The Kier molecular flexibility index (Phi) is 7.00. The summed E-state index contributed by atoms with van der Waals surface area (Å²) in [6.07, 6.45) is 9.14. The molecule has 3 heterocycles. The van der Waals surface area contributed by atoms with Gasteiger partial charge in [-0.25, -0.2) is 9.97 Å². The van der Waals surface area contributed by atoms with Gasteiger partial charge >= 0.3 is 0 Å². The van der Waals surface area contributed by atoms with Gasteiger partial charge < -0.3 is 14.8 Å². The summed E-state index contributed by atoms with van der Waals surface area (Å²) in [4.78, 5) is 27.1. The zero-order chi connectivity index (χ0) is 21.6. The largest absolute Gasteiger partial charge is 0.382 e. The number of carbonyl (C=O) groups excluding carboxylic acids is 1. The third-order valence-corrected chi connectivity index (χ3v) is 6.03. The van der Waals surface area contributed by atoms with Crippen LogP contribution in [0, 0.1) is 0 Å². The van der Waals surface area contributed by atoms with Crippen LogP contribution in [0.4, 0.5) is 0 Å². The van der Waals surface area contributed by atoms with E-state index in [0.29, 0.717) is 30.4 Å². The number of rotatable bonds is 8. The molecule has 0 aliphatic heterocycles. The number of aromatic nitrogens is 5. The van der Waals surface area contributed by atoms with Gasteiger partial charge in [0.25, 0.3) is 5.91 Å². The van der Waals surface area contributed by atoms with Crippen molar-refractivity contribution in [2.45, 2.75) is 37.8 Å². The maximum atomic E-state index is 13.0. The van der Waals surface area contributed by atoms with E-state index in [1.807, 2.05) is 13.2 Å². The van der Waals surface area contributed by atoms with Crippen molar-refractivity contribution in [3.05, 3.63) is 35.9 Å². The van der Waals surface area contributed by atoms with Crippen molar-refractivity contribution >= 4 is 17.2 Å². The van der Waals surface area contributed by atoms with Crippen LogP contribution in [0.15, 0.2) is 30.2 Å². The van der Waals surface area contributed by atoms with Crippen LogP contribution in [0.25, 0.3) is 22.0 Å². The molecule has 1 saturated carbocycles. The second-order valence-electron chi connectivity index (χ2n) is 7.54. The van der Waals surface area contributed by atoms with Gasteiger partial charge in [0.15, 0.2) is 5.82 Å². The summed E-state index contributed by atoms with van der Waals surface area (Å²) in [5.41, 5.74) is 3.56. The average molecular weight is 443 g/mol. The molecular weight excluding hydrogens is 416 g/mol. The van der Waals surface area contributed by atoms with Gasteiger partial charge in [-0.15, -0.1) is 11.3 Å². The number of aryl methyl sites for hydroxylation is 1. The molecule has 9 nitrogen and oxygen atoms in total. The zero-order valence-corrected chi connectivity index (χ0v) is 18.5. The highest BCUT2D eigenvalue weighted by Crippen LogP contribution is 2.25. The molecule has 0 unspecified atom stereocenters. The Morgan fingerprint density at radius 3 is 2.74 bits per heavy atom. The van der Waals surface area contributed by atoms with Gasteiger partial charge in [0.2, 0.25) is 0 Å². The first-order valence-electron chi connectivity index (χ1n) is 10.3. The van der Waals surface area contributed by atoms with Crippen LogP contribution >= 0.6 is 11.3 Å². The second-order valence-corrected chi connectivity index (χ2v) is 8.43. The van der Waals surface area contributed by atoms with Crippen molar-refractivity contribution in [1.29, 1.82) is 0 Å². The summed E-state index contributed by atoms with van der Waals surface area (Å²) < 4.78 is 12.6. The molecule has 10 heteroatoms. The summed E-state index contributed by atoms with van der Waals surface area (Å²) in [6.45, 7) is 1.21. The molecule has 1 amide bonds. The van der Waals surface area contributed by atoms with E-state index in [4.69, 9.17) is 9.47 Å². The van der Waals surface area contributed by atoms with Crippen molar-refractivity contribution in [2.24, 2.45) is 7.05 Å². The maximum absolute atomic E-state index is 13.0. The van der Waals surface area contributed by atoms with Gasteiger partial charge in [0, 0.05) is 38.2 Å². The molecule has 1 aliphatic carbocycles. The number of methoxy groups -OCH3 is 1. The summed E-state index contributed by atoms with van der Waals surface area (Å²) in [6, 6.07) is 1.83. The number of hydrogen-bond acceptors (Lipinski definition) is 8. The number of nitrogens with zero attached hydrogens (tertiary/aromatic N) is 5. The predicted octanol–water partition coefficient (Wildman–Crippen LogP) is 2.70. The van der Waals surface area contributed by atoms with Gasteiger partial charge in [-0.2, -0.15) is 5.10 Å². The monoisotopic (exact) mass is 442 g/mol. The molecule has 1 N–H and O–H groups in total. The highest BCUT2D eigenvalue weighted by Gasteiger charge is 2.24. The molecule has 0 radical (unpaired) electrons. The number of nitrogens with one attached hydrogen (secondary N) is 1. The minimum Gasteiger partial charge on any atom is -0.382 e. The van der Waals surface area contributed by atoms with Crippen molar-refractivity contribution in [3.63, 3.8) is 0 Å². The number of hydrogen-bond donors (Lipinski definition) is 1.